The third kappa shape index (κ3) is 2.61. The van der Waals surface area contributed by atoms with Gasteiger partial charge in [0.25, 0.3) is 0 Å². The summed E-state index contributed by atoms with van der Waals surface area (Å²) in [6.45, 7) is 0.426. The summed E-state index contributed by atoms with van der Waals surface area (Å²) in [5, 5.41) is 3.04. The molecule has 1 atom stereocenters. The molecule has 0 aromatic heterocycles. The van der Waals surface area contributed by atoms with Gasteiger partial charge in [0.1, 0.15) is 0 Å². The lowest BCUT2D eigenvalue weighted by Crippen LogP contribution is -2.39. The number of carbonyl (C=O) groups is 1. The van der Waals surface area contributed by atoms with Gasteiger partial charge in [-0.05, 0) is 30.4 Å². The van der Waals surface area contributed by atoms with Gasteiger partial charge in [0, 0.05) is 19.0 Å². The maximum absolute atomic E-state index is 11.4. The Bertz CT molecular complexity index is 376. The fourth-order valence-electron chi connectivity index (χ4n) is 2.25. The normalized spacial score (nSPS) is 18.9. The van der Waals surface area contributed by atoms with Crippen LogP contribution in [0.4, 0.5) is 0 Å². The molecule has 2 rings (SSSR count). The highest BCUT2D eigenvalue weighted by molar-refractivity contribution is 5.76. The van der Waals surface area contributed by atoms with Gasteiger partial charge in [-0.3, -0.25) is 4.79 Å². The number of nitrogens with one attached hydrogen (secondary N) is 1. The number of amides is 1. The molecule has 1 aliphatic rings. The number of benzene rings is 1. The average Bonchev–Trinajstić information content (AvgIpc) is 2.29. The molecule has 0 saturated heterocycles. The van der Waals surface area contributed by atoms with Crippen molar-refractivity contribution in [3.8, 4) is 0 Å². The molecule has 1 aromatic rings. The fraction of sp³-hybridized carbons (Fsp3) is 0.462. The average molecular weight is 218 g/mol. The van der Waals surface area contributed by atoms with E-state index < -0.39 is 0 Å². The summed E-state index contributed by atoms with van der Waals surface area (Å²) in [6, 6.07) is 8.74. The molecule has 0 fully saturated rings. The summed E-state index contributed by atoms with van der Waals surface area (Å²) >= 11 is 0. The molecule has 0 bridgehead atoms. The second-order valence-corrected chi connectivity index (χ2v) is 4.31. The monoisotopic (exact) mass is 218 g/mol. The number of fused-ring (bicyclic) bond motifs is 1. The number of nitrogens with two attached hydrogens (primary N) is 1. The Labute approximate surface area is 96.0 Å². The van der Waals surface area contributed by atoms with Crippen molar-refractivity contribution < 1.29 is 4.79 Å². The summed E-state index contributed by atoms with van der Waals surface area (Å²) in [7, 11) is 0. The summed E-state index contributed by atoms with van der Waals surface area (Å²) in [6.07, 6.45) is 3.47. The van der Waals surface area contributed by atoms with E-state index in [1.54, 1.807) is 0 Å². The van der Waals surface area contributed by atoms with E-state index in [4.69, 9.17) is 5.73 Å². The van der Waals surface area contributed by atoms with E-state index in [1.165, 1.54) is 11.1 Å². The highest BCUT2D eigenvalue weighted by atomic mass is 16.1. The minimum atomic E-state index is 0.0758. The third-order valence-corrected chi connectivity index (χ3v) is 3.08. The lowest BCUT2D eigenvalue weighted by Gasteiger charge is -2.25. The Balaban J connectivity index is 1.95. The number of carbonyl (C=O) groups excluding carboxylic acids is 1. The van der Waals surface area contributed by atoms with Crippen LogP contribution in [0, 0.1) is 0 Å². The second-order valence-electron chi connectivity index (χ2n) is 4.31. The van der Waals surface area contributed by atoms with Gasteiger partial charge in [-0.15, -0.1) is 0 Å². The maximum atomic E-state index is 11.4. The van der Waals surface area contributed by atoms with E-state index in [0.717, 1.165) is 19.3 Å². The number of aryl methyl sites for hydroxylation is 1. The summed E-state index contributed by atoms with van der Waals surface area (Å²) in [5.74, 6) is 0.0758. The van der Waals surface area contributed by atoms with Crippen molar-refractivity contribution in [1.82, 2.24) is 5.32 Å². The molecule has 3 N–H and O–H groups in total. The number of hydrogen-bond donors (Lipinski definition) is 2. The van der Waals surface area contributed by atoms with Gasteiger partial charge >= 0.3 is 0 Å². The van der Waals surface area contributed by atoms with Crippen molar-refractivity contribution >= 4 is 5.91 Å². The largest absolute Gasteiger partial charge is 0.353 e. The molecular formula is C13H18N2O. The Morgan fingerprint density at radius 3 is 2.88 bits per heavy atom. The lowest BCUT2D eigenvalue weighted by atomic mass is 9.88. The first-order valence-corrected chi connectivity index (χ1v) is 5.86. The molecule has 0 aliphatic heterocycles. The van der Waals surface area contributed by atoms with Crippen LogP contribution in [0.25, 0.3) is 0 Å². The highest BCUT2D eigenvalue weighted by Gasteiger charge is 2.19. The maximum Gasteiger partial charge on any atom is 0.221 e. The molecule has 86 valence electrons. The lowest BCUT2D eigenvalue weighted by molar-refractivity contribution is -0.121. The predicted octanol–water partition coefficient (Wildman–Crippen LogP) is 1.01. The molecule has 16 heavy (non-hydrogen) atoms. The molecule has 0 saturated carbocycles. The van der Waals surface area contributed by atoms with Crippen LogP contribution in [0.15, 0.2) is 24.3 Å². The minimum absolute atomic E-state index is 0.0758. The second kappa shape index (κ2) is 5.12. The van der Waals surface area contributed by atoms with E-state index in [0.29, 0.717) is 13.0 Å². The molecule has 0 spiro atoms. The van der Waals surface area contributed by atoms with Crippen LogP contribution in [0.2, 0.25) is 0 Å². The summed E-state index contributed by atoms with van der Waals surface area (Å²) in [5.41, 5.74) is 8.14. The van der Waals surface area contributed by atoms with Crippen LogP contribution in [0.1, 0.15) is 24.0 Å². The molecule has 3 nitrogen and oxygen atoms in total. The topological polar surface area (TPSA) is 55.1 Å². The van der Waals surface area contributed by atoms with E-state index in [-0.39, 0.29) is 11.9 Å². The zero-order valence-corrected chi connectivity index (χ0v) is 9.41. The summed E-state index contributed by atoms with van der Waals surface area (Å²) in [4.78, 5) is 11.4. The molecule has 1 unspecified atom stereocenters. The Morgan fingerprint density at radius 1 is 1.38 bits per heavy atom. The van der Waals surface area contributed by atoms with Gasteiger partial charge in [0.05, 0.1) is 0 Å². The van der Waals surface area contributed by atoms with Crippen LogP contribution in [-0.2, 0) is 17.6 Å². The molecule has 0 radical (unpaired) electrons. The number of rotatable bonds is 3. The van der Waals surface area contributed by atoms with Gasteiger partial charge in [-0.2, -0.15) is 0 Å². The standard InChI is InChI=1S/C13H18N2O/c14-8-7-13(16)15-12-6-5-10-3-1-2-4-11(10)9-12/h1-4,12H,5-9,14H2,(H,15,16). The zero-order valence-electron chi connectivity index (χ0n) is 9.41. The first kappa shape index (κ1) is 11.1. The molecule has 0 heterocycles. The van der Waals surface area contributed by atoms with Gasteiger partial charge in [-0.1, -0.05) is 24.3 Å². The molecule has 1 amide bonds. The van der Waals surface area contributed by atoms with E-state index in [9.17, 15) is 4.79 Å². The van der Waals surface area contributed by atoms with Gasteiger partial charge in [-0.25, -0.2) is 0 Å². The first-order valence-electron chi connectivity index (χ1n) is 5.86. The smallest absolute Gasteiger partial charge is 0.221 e. The van der Waals surface area contributed by atoms with Crippen molar-refractivity contribution in [3.05, 3.63) is 35.4 Å². The molecule has 1 aromatic carbocycles. The van der Waals surface area contributed by atoms with E-state index in [2.05, 4.69) is 29.6 Å². The predicted molar refractivity (Wildman–Crippen MR) is 64.1 cm³/mol. The van der Waals surface area contributed by atoms with Crippen LogP contribution in [0.5, 0.6) is 0 Å². The Kier molecular flexibility index (Phi) is 3.57. The highest BCUT2D eigenvalue weighted by Crippen LogP contribution is 2.20. The van der Waals surface area contributed by atoms with E-state index >= 15 is 0 Å². The molecular weight excluding hydrogens is 200 g/mol. The third-order valence-electron chi connectivity index (χ3n) is 3.08. The minimum Gasteiger partial charge on any atom is -0.353 e. The van der Waals surface area contributed by atoms with Crippen molar-refractivity contribution in [1.29, 1.82) is 0 Å². The van der Waals surface area contributed by atoms with E-state index in [1.807, 2.05) is 0 Å². The van der Waals surface area contributed by atoms with Crippen LogP contribution in [-0.4, -0.2) is 18.5 Å². The zero-order chi connectivity index (χ0) is 11.4. The SMILES string of the molecule is NCCC(=O)NC1CCc2ccccc2C1. The molecule has 3 heteroatoms. The van der Waals surface area contributed by atoms with Crippen molar-refractivity contribution in [2.75, 3.05) is 6.54 Å². The number of hydrogen-bond acceptors (Lipinski definition) is 2. The van der Waals surface area contributed by atoms with Gasteiger partial charge < -0.3 is 11.1 Å². The van der Waals surface area contributed by atoms with Crippen LogP contribution >= 0.6 is 0 Å². The Hall–Kier alpha value is -1.35. The van der Waals surface area contributed by atoms with Crippen LogP contribution in [0.3, 0.4) is 0 Å². The van der Waals surface area contributed by atoms with Gasteiger partial charge in [0.15, 0.2) is 0 Å². The fourth-order valence-corrected chi connectivity index (χ4v) is 2.25. The van der Waals surface area contributed by atoms with Gasteiger partial charge in [0.2, 0.25) is 5.91 Å². The molecule has 1 aliphatic carbocycles. The summed E-state index contributed by atoms with van der Waals surface area (Å²) < 4.78 is 0. The van der Waals surface area contributed by atoms with Crippen molar-refractivity contribution in [2.24, 2.45) is 5.73 Å². The Morgan fingerprint density at radius 2 is 2.12 bits per heavy atom. The van der Waals surface area contributed by atoms with Crippen molar-refractivity contribution in [2.45, 2.75) is 31.7 Å². The van der Waals surface area contributed by atoms with Crippen LogP contribution < -0.4 is 11.1 Å². The quantitative estimate of drug-likeness (QED) is 0.795. The first-order chi connectivity index (χ1) is 7.79. The van der Waals surface area contributed by atoms with Crippen molar-refractivity contribution in [3.63, 3.8) is 0 Å².